The van der Waals surface area contributed by atoms with E-state index in [-0.39, 0.29) is 11.7 Å². The van der Waals surface area contributed by atoms with Crippen LogP contribution >= 0.6 is 11.6 Å². The molecule has 0 radical (unpaired) electrons. The first-order chi connectivity index (χ1) is 12.6. The van der Waals surface area contributed by atoms with Crippen LogP contribution in [0, 0.1) is 0 Å². The minimum Gasteiger partial charge on any atom is -0.480 e. The van der Waals surface area contributed by atoms with Crippen LogP contribution in [0.25, 0.3) is 5.69 Å². The summed E-state index contributed by atoms with van der Waals surface area (Å²) in [5.41, 5.74) is 0.677. The SMILES string of the molecule is O=C(O)C1CCCCN1C(=O)c1nc(C2CC2)n(-c2ccccc2Cl)n1. The monoisotopic (exact) mass is 374 g/mol. The summed E-state index contributed by atoms with van der Waals surface area (Å²) < 4.78 is 1.63. The van der Waals surface area contributed by atoms with Crippen LogP contribution in [0.15, 0.2) is 24.3 Å². The number of amides is 1. The molecular formula is C18H19ClN4O3. The maximum absolute atomic E-state index is 12.9. The van der Waals surface area contributed by atoms with Crippen molar-refractivity contribution < 1.29 is 14.7 Å². The quantitative estimate of drug-likeness (QED) is 0.888. The van der Waals surface area contributed by atoms with Crippen molar-refractivity contribution in [2.24, 2.45) is 0 Å². The van der Waals surface area contributed by atoms with Gasteiger partial charge >= 0.3 is 5.97 Å². The molecule has 8 heteroatoms. The van der Waals surface area contributed by atoms with Gasteiger partial charge in [-0.15, -0.1) is 5.10 Å². The molecule has 2 fully saturated rings. The summed E-state index contributed by atoms with van der Waals surface area (Å²) in [5.74, 6) is -0.391. The van der Waals surface area contributed by atoms with E-state index in [9.17, 15) is 14.7 Å². The van der Waals surface area contributed by atoms with Crippen molar-refractivity contribution >= 4 is 23.5 Å². The second kappa shape index (κ2) is 6.72. The van der Waals surface area contributed by atoms with Crippen molar-refractivity contribution in [1.29, 1.82) is 0 Å². The molecule has 136 valence electrons. The van der Waals surface area contributed by atoms with Gasteiger partial charge in [-0.2, -0.15) is 0 Å². The van der Waals surface area contributed by atoms with E-state index in [0.717, 1.165) is 25.7 Å². The second-order valence-electron chi connectivity index (χ2n) is 6.78. The number of hydrogen-bond acceptors (Lipinski definition) is 4. The number of carboxylic acid groups (broad SMARTS) is 1. The maximum atomic E-state index is 12.9. The molecule has 2 heterocycles. The van der Waals surface area contributed by atoms with Gasteiger partial charge in [0.1, 0.15) is 11.9 Å². The molecule has 1 saturated carbocycles. The van der Waals surface area contributed by atoms with Gasteiger partial charge < -0.3 is 10.0 Å². The zero-order valence-corrected chi connectivity index (χ0v) is 14.9. The van der Waals surface area contributed by atoms with E-state index >= 15 is 0 Å². The predicted molar refractivity (Wildman–Crippen MR) is 94.7 cm³/mol. The number of aromatic nitrogens is 3. The Hall–Kier alpha value is -2.41. The van der Waals surface area contributed by atoms with E-state index in [4.69, 9.17) is 11.6 Å². The topological polar surface area (TPSA) is 88.3 Å². The van der Waals surface area contributed by atoms with Crippen molar-refractivity contribution in [1.82, 2.24) is 19.7 Å². The summed E-state index contributed by atoms with van der Waals surface area (Å²) in [5, 5.41) is 14.4. The van der Waals surface area contributed by atoms with Gasteiger partial charge in [-0.3, -0.25) is 4.79 Å². The molecule has 1 aliphatic heterocycles. The highest BCUT2D eigenvalue weighted by Gasteiger charge is 2.37. The van der Waals surface area contributed by atoms with Gasteiger partial charge in [0.2, 0.25) is 5.82 Å². The predicted octanol–water partition coefficient (Wildman–Crippen LogP) is 2.88. The Morgan fingerprint density at radius 1 is 1.15 bits per heavy atom. The molecule has 2 aliphatic rings. The zero-order chi connectivity index (χ0) is 18.3. The molecule has 1 amide bonds. The van der Waals surface area contributed by atoms with E-state index in [1.54, 1.807) is 10.7 Å². The van der Waals surface area contributed by atoms with Crippen molar-refractivity contribution in [3.8, 4) is 5.69 Å². The van der Waals surface area contributed by atoms with Gasteiger partial charge in [0, 0.05) is 12.5 Å². The number of likely N-dealkylation sites (tertiary alicyclic amines) is 1. The first kappa shape index (κ1) is 17.0. The van der Waals surface area contributed by atoms with E-state index in [1.165, 1.54) is 4.90 Å². The van der Waals surface area contributed by atoms with Gasteiger partial charge in [-0.1, -0.05) is 23.7 Å². The number of para-hydroxylation sites is 1. The highest BCUT2D eigenvalue weighted by Crippen LogP contribution is 2.40. The molecule has 0 spiro atoms. The molecule has 1 aromatic heterocycles. The number of nitrogens with zero attached hydrogens (tertiary/aromatic N) is 4. The van der Waals surface area contributed by atoms with Gasteiger partial charge in [0.25, 0.3) is 5.91 Å². The number of aliphatic carboxylic acids is 1. The smallest absolute Gasteiger partial charge is 0.326 e. The first-order valence-electron chi connectivity index (χ1n) is 8.82. The van der Waals surface area contributed by atoms with Crippen LogP contribution in [0.4, 0.5) is 0 Å². The third kappa shape index (κ3) is 3.07. The van der Waals surface area contributed by atoms with Crippen LogP contribution in [0.5, 0.6) is 0 Å². The minimum atomic E-state index is -0.981. The van der Waals surface area contributed by atoms with Crippen LogP contribution in [0.1, 0.15) is 54.5 Å². The summed E-state index contributed by atoms with van der Waals surface area (Å²) in [6, 6.07) is 6.47. The van der Waals surface area contributed by atoms with Crippen molar-refractivity contribution in [3.05, 3.63) is 40.9 Å². The Labute approximate surface area is 155 Å². The number of piperidine rings is 1. The first-order valence-corrected chi connectivity index (χ1v) is 9.19. The summed E-state index contributed by atoms with van der Waals surface area (Å²) in [4.78, 5) is 30.3. The van der Waals surface area contributed by atoms with Gasteiger partial charge in [0.05, 0.1) is 10.7 Å². The molecule has 26 heavy (non-hydrogen) atoms. The third-order valence-electron chi connectivity index (χ3n) is 4.90. The van der Waals surface area contributed by atoms with Crippen LogP contribution in [0.2, 0.25) is 5.02 Å². The molecule has 1 aromatic carbocycles. The highest BCUT2D eigenvalue weighted by molar-refractivity contribution is 6.32. The van der Waals surface area contributed by atoms with E-state index in [1.807, 2.05) is 18.2 Å². The lowest BCUT2D eigenvalue weighted by Crippen LogP contribution is -2.48. The molecule has 1 N–H and O–H groups in total. The Balaban J connectivity index is 1.71. The number of carbonyl (C=O) groups excluding carboxylic acids is 1. The average molecular weight is 375 g/mol. The summed E-state index contributed by atoms with van der Waals surface area (Å²) >= 11 is 6.30. The summed E-state index contributed by atoms with van der Waals surface area (Å²) in [6.07, 6.45) is 4.05. The molecule has 2 aromatic rings. The van der Waals surface area contributed by atoms with Crippen LogP contribution in [0.3, 0.4) is 0 Å². The minimum absolute atomic E-state index is 0.0416. The van der Waals surface area contributed by atoms with Gasteiger partial charge in [-0.25, -0.2) is 14.5 Å². The molecule has 1 atom stereocenters. The number of halogens is 1. The number of benzene rings is 1. The van der Waals surface area contributed by atoms with Gasteiger partial charge in [-0.05, 0) is 44.2 Å². The molecule has 1 aliphatic carbocycles. The normalized spacial score (nSPS) is 20.2. The lowest BCUT2D eigenvalue weighted by atomic mass is 10.0. The largest absolute Gasteiger partial charge is 0.480 e. The summed E-state index contributed by atoms with van der Waals surface area (Å²) in [7, 11) is 0. The summed E-state index contributed by atoms with van der Waals surface area (Å²) in [6.45, 7) is 0.412. The van der Waals surface area contributed by atoms with Crippen LogP contribution in [-0.4, -0.2) is 49.2 Å². The third-order valence-corrected chi connectivity index (χ3v) is 5.21. The highest BCUT2D eigenvalue weighted by atomic mass is 35.5. The number of carbonyl (C=O) groups is 2. The number of carboxylic acids is 1. The molecule has 1 saturated heterocycles. The maximum Gasteiger partial charge on any atom is 0.326 e. The standard InChI is InChI=1S/C18H19ClN4O3/c19-12-5-1-2-6-13(12)23-16(11-8-9-11)20-15(21-23)17(24)22-10-4-3-7-14(22)18(25)26/h1-2,5-6,11,14H,3-4,7-10H2,(H,25,26). The van der Waals surface area contributed by atoms with Crippen LogP contribution < -0.4 is 0 Å². The fraction of sp³-hybridized carbons (Fsp3) is 0.444. The zero-order valence-electron chi connectivity index (χ0n) is 14.1. The number of rotatable bonds is 4. The number of hydrogen-bond donors (Lipinski definition) is 1. The lowest BCUT2D eigenvalue weighted by molar-refractivity contribution is -0.143. The van der Waals surface area contributed by atoms with Crippen molar-refractivity contribution in [3.63, 3.8) is 0 Å². The molecule has 0 bridgehead atoms. The van der Waals surface area contributed by atoms with Crippen molar-refractivity contribution in [2.45, 2.75) is 44.1 Å². The Bertz CT molecular complexity index is 862. The Morgan fingerprint density at radius 2 is 1.92 bits per heavy atom. The average Bonchev–Trinajstić information content (AvgIpc) is 3.40. The second-order valence-corrected chi connectivity index (χ2v) is 7.19. The Kier molecular flexibility index (Phi) is 4.40. The van der Waals surface area contributed by atoms with E-state index in [0.29, 0.717) is 29.5 Å². The van der Waals surface area contributed by atoms with E-state index < -0.39 is 17.9 Å². The Morgan fingerprint density at radius 3 is 2.62 bits per heavy atom. The molecule has 1 unspecified atom stereocenters. The lowest BCUT2D eigenvalue weighted by Gasteiger charge is -2.31. The fourth-order valence-corrected chi connectivity index (χ4v) is 3.60. The molecule has 7 nitrogen and oxygen atoms in total. The van der Waals surface area contributed by atoms with Gasteiger partial charge in [0.15, 0.2) is 0 Å². The van der Waals surface area contributed by atoms with Crippen molar-refractivity contribution in [2.75, 3.05) is 6.54 Å². The fourth-order valence-electron chi connectivity index (χ4n) is 3.38. The van der Waals surface area contributed by atoms with E-state index in [2.05, 4.69) is 10.1 Å². The van der Waals surface area contributed by atoms with Crippen LogP contribution in [-0.2, 0) is 4.79 Å². The molecular weight excluding hydrogens is 356 g/mol. The molecule has 4 rings (SSSR count).